The molecule has 4 rings (SSSR count). The third-order valence-corrected chi connectivity index (χ3v) is 7.41. The molecule has 1 N–H and O–H groups in total. The quantitative estimate of drug-likeness (QED) is 0.510. The lowest BCUT2D eigenvalue weighted by atomic mass is 9.74. The number of carbonyl (C=O) groups is 2. The van der Waals surface area contributed by atoms with Crippen LogP contribution < -0.4 is 10.1 Å². The number of halogens is 1. The fraction of sp³-hybridized carbons (Fsp3) is 0.500. The lowest BCUT2D eigenvalue weighted by molar-refractivity contribution is -0.134. The van der Waals surface area contributed by atoms with E-state index in [0.29, 0.717) is 13.0 Å². The Labute approximate surface area is 213 Å². The highest BCUT2D eigenvalue weighted by Crippen LogP contribution is 2.37. The number of likely N-dealkylation sites (tertiary alicyclic amines) is 1. The third kappa shape index (κ3) is 5.87. The first-order chi connectivity index (χ1) is 17.3. The highest BCUT2D eigenvalue weighted by Gasteiger charge is 2.55. The summed E-state index contributed by atoms with van der Waals surface area (Å²) in [7, 11) is 5.62. The highest BCUT2D eigenvalue weighted by atomic mass is 19.1. The second-order valence-corrected chi connectivity index (χ2v) is 10.2. The lowest BCUT2D eigenvalue weighted by Gasteiger charge is -2.41. The fourth-order valence-corrected chi connectivity index (χ4v) is 5.47. The van der Waals surface area contributed by atoms with Gasteiger partial charge in [0.15, 0.2) is 0 Å². The molecule has 2 aromatic rings. The first-order valence-electron chi connectivity index (χ1n) is 12.7. The Morgan fingerprint density at radius 2 is 1.81 bits per heavy atom. The van der Waals surface area contributed by atoms with Crippen molar-refractivity contribution < 1.29 is 18.7 Å². The number of ether oxygens (including phenoxy) is 1. The van der Waals surface area contributed by atoms with Gasteiger partial charge in [0.25, 0.3) is 5.91 Å². The van der Waals surface area contributed by atoms with Crippen LogP contribution in [0.4, 0.5) is 9.18 Å². The average molecular weight is 497 g/mol. The van der Waals surface area contributed by atoms with Gasteiger partial charge in [0, 0.05) is 19.5 Å². The number of amides is 3. The lowest BCUT2D eigenvalue weighted by Crippen LogP contribution is -2.57. The summed E-state index contributed by atoms with van der Waals surface area (Å²) in [6.07, 6.45) is 2.67. The minimum atomic E-state index is -1.00. The molecule has 36 heavy (non-hydrogen) atoms. The van der Waals surface area contributed by atoms with Crippen molar-refractivity contribution in [2.24, 2.45) is 5.92 Å². The first-order valence-corrected chi connectivity index (χ1v) is 12.7. The van der Waals surface area contributed by atoms with E-state index in [1.165, 1.54) is 22.6 Å². The van der Waals surface area contributed by atoms with Gasteiger partial charge in [0.05, 0.1) is 7.11 Å². The number of urea groups is 1. The van der Waals surface area contributed by atoms with Gasteiger partial charge in [0.2, 0.25) is 0 Å². The second-order valence-electron chi connectivity index (χ2n) is 10.2. The molecule has 1 atom stereocenters. The largest absolute Gasteiger partial charge is 0.497 e. The minimum absolute atomic E-state index is 0.000545. The molecular weight excluding hydrogens is 459 g/mol. The van der Waals surface area contributed by atoms with Crippen molar-refractivity contribution >= 4 is 11.9 Å². The zero-order chi connectivity index (χ0) is 25.7. The normalized spacial score (nSPS) is 21.3. The van der Waals surface area contributed by atoms with E-state index in [2.05, 4.69) is 22.3 Å². The molecule has 2 heterocycles. The van der Waals surface area contributed by atoms with Crippen molar-refractivity contribution in [1.82, 2.24) is 20.0 Å². The number of carbonyl (C=O) groups excluding carboxylic acids is 2. The van der Waals surface area contributed by atoms with Gasteiger partial charge >= 0.3 is 6.03 Å². The van der Waals surface area contributed by atoms with Gasteiger partial charge in [-0.05, 0) is 94.3 Å². The Balaban J connectivity index is 1.50. The average Bonchev–Trinajstić information content (AvgIpc) is 3.10. The molecule has 1 unspecified atom stereocenters. The SMILES string of the molecule is COc1cccc(CN2CCC(C3(Cc4ccc(F)cc4)NC(=O)N(CCCN(C)C)C3=O)CC2)c1. The van der Waals surface area contributed by atoms with Crippen LogP contribution in [0, 0.1) is 11.7 Å². The molecule has 0 radical (unpaired) electrons. The molecule has 2 fully saturated rings. The highest BCUT2D eigenvalue weighted by molar-refractivity contribution is 6.07. The molecule has 2 aliphatic heterocycles. The van der Waals surface area contributed by atoms with Crippen molar-refractivity contribution in [1.29, 1.82) is 0 Å². The number of nitrogens with one attached hydrogen (secondary N) is 1. The molecule has 0 aliphatic carbocycles. The number of rotatable bonds is 10. The molecule has 0 spiro atoms. The van der Waals surface area contributed by atoms with Gasteiger partial charge in [-0.1, -0.05) is 24.3 Å². The molecule has 2 saturated heterocycles. The molecule has 2 aromatic carbocycles. The smallest absolute Gasteiger partial charge is 0.325 e. The number of benzene rings is 2. The standard InChI is InChI=1S/C28H37FN4O3/c1-31(2)14-5-15-33-26(34)28(30-27(33)35,19-21-8-10-24(29)11-9-21)23-12-16-32(17-13-23)20-22-6-4-7-25(18-22)36-3/h4,6-11,18,23H,5,12-17,19-20H2,1-3H3,(H,30,35). The number of nitrogens with zero attached hydrogens (tertiary/aromatic N) is 3. The number of hydrogen-bond acceptors (Lipinski definition) is 5. The van der Waals surface area contributed by atoms with Crippen LogP contribution >= 0.6 is 0 Å². The molecule has 3 amide bonds. The van der Waals surface area contributed by atoms with E-state index in [-0.39, 0.29) is 23.7 Å². The van der Waals surface area contributed by atoms with E-state index in [1.54, 1.807) is 19.2 Å². The summed E-state index contributed by atoms with van der Waals surface area (Å²) in [5.74, 6) is 0.376. The maximum atomic E-state index is 13.9. The van der Waals surface area contributed by atoms with Gasteiger partial charge in [-0.15, -0.1) is 0 Å². The van der Waals surface area contributed by atoms with Crippen molar-refractivity contribution in [3.63, 3.8) is 0 Å². The Hall–Kier alpha value is -2.97. The van der Waals surface area contributed by atoms with Crippen LogP contribution in [0.25, 0.3) is 0 Å². The summed E-state index contributed by atoms with van der Waals surface area (Å²) in [5, 5.41) is 3.11. The summed E-state index contributed by atoms with van der Waals surface area (Å²) in [6, 6.07) is 14.0. The molecule has 7 nitrogen and oxygen atoms in total. The van der Waals surface area contributed by atoms with Crippen molar-refractivity contribution in [2.45, 2.75) is 37.8 Å². The van der Waals surface area contributed by atoms with Crippen LogP contribution in [0.15, 0.2) is 48.5 Å². The Morgan fingerprint density at radius 1 is 1.08 bits per heavy atom. The molecule has 2 aliphatic rings. The molecule has 194 valence electrons. The topological polar surface area (TPSA) is 65.1 Å². The Morgan fingerprint density at radius 3 is 2.47 bits per heavy atom. The van der Waals surface area contributed by atoms with E-state index in [4.69, 9.17) is 4.74 Å². The van der Waals surface area contributed by atoms with Gasteiger partial charge < -0.3 is 15.0 Å². The first kappa shape index (κ1) is 26.1. The van der Waals surface area contributed by atoms with E-state index >= 15 is 0 Å². The Bertz CT molecular complexity index is 1050. The molecule has 0 bridgehead atoms. The zero-order valence-electron chi connectivity index (χ0n) is 21.5. The molecule has 0 saturated carbocycles. The Kier molecular flexibility index (Phi) is 8.26. The number of hydrogen-bond donors (Lipinski definition) is 1. The zero-order valence-corrected chi connectivity index (χ0v) is 21.5. The van der Waals surface area contributed by atoms with E-state index in [9.17, 15) is 14.0 Å². The van der Waals surface area contributed by atoms with Gasteiger partial charge in [-0.2, -0.15) is 0 Å². The van der Waals surface area contributed by atoms with Crippen LogP contribution in [0.3, 0.4) is 0 Å². The van der Waals surface area contributed by atoms with E-state index in [0.717, 1.165) is 56.8 Å². The maximum Gasteiger partial charge on any atom is 0.325 e. The van der Waals surface area contributed by atoms with E-state index in [1.807, 2.05) is 31.1 Å². The summed E-state index contributed by atoms with van der Waals surface area (Å²) in [4.78, 5) is 32.7. The summed E-state index contributed by atoms with van der Waals surface area (Å²) in [5.41, 5.74) is 1.03. The summed E-state index contributed by atoms with van der Waals surface area (Å²) >= 11 is 0. The molecule has 0 aromatic heterocycles. The monoisotopic (exact) mass is 496 g/mol. The van der Waals surface area contributed by atoms with Crippen LogP contribution in [-0.4, -0.2) is 79.6 Å². The van der Waals surface area contributed by atoms with Crippen molar-refractivity contribution in [3.05, 3.63) is 65.5 Å². The van der Waals surface area contributed by atoms with Gasteiger partial charge in [0.1, 0.15) is 17.1 Å². The second kappa shape index (κ2) is 11.4. The number of methoxy groups -OCH3 is 1. The predicted molar refractivity (Wildman–Crippen MR) is 137 cm³/mol. The summed E-state index contributed by atoms with van der Waals surface area (Å²) < 4.78 is 18.9. The maximum absolute atomic E-state index is 13.9. The molecule has 8 heteroatoms. The van der Waals surface area contributed by atoms with Gasteiger partial charge in [-0.25, -0.2) is 9.18 Å². The van der Waals surface area contributed by atoms with E-state index < -0.39 is 5.54 Å². The van der Waals surface area contributed by atoms with Crippen LogP contribution in [0.2, 0.25) is 0 Å². The fourth-order valence-electron chi connectivity index (χ4n) is 5.47. The molecular formula is C28H37FN4O3. The predicted octanol–water partition coefficient (Wildman–Crippen LogP) is 3.53. The minimum Gasteiger partial charge on any atom is -0.497 e. The summed E-state index contributed by atoms with van der Waals surface area (Å²) in [6.45, 7) is 3.66. The van der Waals surface area contributed by atoms with Crippen LogP contribution in [0.5, 0.6) is 5.75 Å². The van der Waals surface area contributed by atoms with Crippen molar-refractivity contribution in [2.75, 3.05) is 47.4 Å². The van der Waals surface area contributed by atoms with Crippen molar-refractivity contribution in [3.8, 4) is 5.75 Å². The van der Waals surface area contributed by atoms with Gasteiger partial charge in [-0.3, -0.25) is 14.6 Å². The number of imide groups is 1. The third-order valence-electron chi connectivity index (χ3n) is 7.41. The van der Waals surface area contributed by atoms with Crippen LogP contribution in [-0.2, 0) is 17.8 Å². The number of piperidine rings is 1. The van der Waals surface area contributed by atoms with Crippen LogP contribution in [0.1, 0.15) is 30.4 Å².